The normalized spacial score (nSPS) is 16.0. The lowest BCUT2D eigenvalue weighted by Gasteiger charge is -1.51. The van der Waals surface area contributed by atoms with Gasteiger partial charge in [-0.15, -0.1) is 5.43 Å². The monoisotopic (exact) mass is 68.0 g/mol. The van der Waals surface area contributed by atoms with E-state index in [2.05, 4.69) is 21.9 Å². The van der Waals surface area contributed by atoms with Crippen molar-refractivity contribution in [2.24, 2.45) is 4.99 Å². The molecule has 1 N–H and O–H groups in total. The Hall–Kier alpha value is -0.860. The van der Waals surface area contributed by atoms with Crippen LogP contribution in [0.3, 0.4) is 0 Å². The Morgan fingerprint density at radius 3 is 3.20 bits per heavy atom. The van der Waals surface area contributed by atoms with Crippen LogP contribution in [-0.2, 0) is 0 Å². The zero-order valence-electron chi connectivity index (χ0n) is 2.47. The Balaban J connectivity index is 2.61. The average molecular weight is 68.1 g/mol. The van der Waals surface area contributed by atoms with E-state index in [1.165, 1.54) is 6.34 Å². The molecule has 5 heavy (non-hydrogen) atoms. The summed E-state index contributed by atoms with van der Waals surface area (Å²) in [6.07, 6.45) is 3.76. The number of hydrogen-bond acceptors (Lipinski definition) is 3. The first-order valence-electron chi connectivity index (χ1n) is 1.22. The summed E-state index contributed by atoms with van der Waals surface area (Å²) in [4.78, 5) is 3.43. The second kappa shape index (κ2) is 0.839. The maximum Gasteiger partial charge on any atom is 0.490 e. The number of nitrogens with one attached hydrogen (secondary N) is 1. The first-order valence-corrected chi connectivity index (χ1v) is 1.22. The summed E-state index contributed by atoms with van der Waals surface area (Å²) in [5, 5.41) is 3.36. The van der Waals surface area contributed by atoms with Crippen molar-refractivity contribution < 1.29 is 0 Å². The van der Waals surface area contributed by atoms with E-state index >= 15 is 0 Å². The predicted molar refractivity (Wildman–Crippen MR) is 18.8 cm³/mol. The third-order valence-corrected chi connectivity index (χ3v) is 0.295. The van der Waals surface area contributed by atoms with Gasteiger partial charge >= 0.3 is 6.34 Å². The van der Waals surface area contributed by atoms with E-state index in [-0.39, 0.29) is 0 Å². The zero-order valence-corrected chi connectivity index (χ0v) is 2.47. The van der Waals surface area contributed by atoms with Crippen LogP contribution in [0.2, 0.25) is 0 Å². The van der Waals surface area contributed by atoms with Crippen LogP contribution in [0.1, 0.15) is 0 Å². The molecule has 1 aliphatic heterocycles. The molecule has 0 aliphatic carbocycles. The zero-order chi connectivity index (χ0) is 3.54. The fraction of sp³-hybridized carbons (Fsp3) is 0. The Bertz CT molecular complexity index is 63.0. The van der Waals surface area contributed by atoms with Crippen molar-refractivity contribution in [1.82, 2.24) is 10.5 Å². The van der Waals surface area contributed by atoms with Gasteiger partial charge in [-0.1, -0.05) is 0 Å². The number of hydrogen-bond donors (Lipinski definition) is 1. The molecular formula is C2H2N3+. The van der Waals surface area contributed by atoms with E-state index in [0.29, 0.717) is 0 Å². The topological polar surface area (TPSA) is 38.5 Å². The molecule has 3 nitrogen and oxygen atoms in total. The predicted octanol–water partition coefficient (Wildman–Crippen LogP) is -1.23. The van der Waals surface area contributed by atoms with Gasteiger partial charge in [0.15, 0.2) is 0 Å². The van der Waals surface area contributed by atoms with Gasteiger partial charge in [-0.05, 0) is 4.99 Å². The molecule has 1 rings (SSSR count). The molecule has 1 aliphatic rings. The molecule has 0 saturated heterocycles. The molecule has 3 heteroatoms. The van der Waals surface area contributed by atoms with Crippen LogP contribution in [0.4, 0.5) is 0 Å². The largest absolute Gasteiger partial charge is 0.490 e. The number of nitrogens with zero attached hydrogens (tertiary/aromatic N) is 2. The first-order chi connectivity index (χ1) is 2.50. The Labute approximate surface area is 29.4 Å². The minimum absolute atomic E-state index is 1.46. The molecule has 0 unspecified atom stereocenters. The Kier molecular flexibility index (Phi) is 0.400. The van der Waals surface area contributed by atoms with Gasteiger partial charge in [0.05, 0.1) is 5.10 Å². The summed E-state index contributed by atoms with van der Waals surface area (Å²) in [5.74, 6) is 0. The maximum atomic E-state index is 3.43. The van der Waals surface area contributed by atoms with E-state index in [1.807, 2.05) is 0 Å². The highest BCUT2D eigenvalue weighted by molar-refractivity contribution is 5.74. The molecule has 0 spiro atoms. The van der Waals surface area contributed by atoms with E-state index in [0.717, 1.165) is 0 Å². The van der Waals surface area contributed by atoms with Gasteiger partial charge in [0.1, 0.15) is 0 Å². The molecule has 1 heterocycles. The van der Waals surface area contributed by atoms with Crippen LogP contribution >= 0.6 is 0 Å². The molecule has 0 aromatic carbocycles. The van der Waals surface area contributed by atoms with Crippen molar-refractivity contribution in [2.75, 3.05) is 0 Å². The van der Waals surface area contributed by atoms with Gasteiger partial charge in [0.2, 0.25) is 6.34 Å². The average Bonchev–Trinajstić information content (AvgIpc) is 1.76. The van der Waals surface area contributed by atoms with Gasteiger partial charge in [0.25, 0.3) is 0 Å². The molecule has 2 radical (unpaired) electrons. The second-order valence-electron chi connectivity index (χ2n) is 0.599. The summed E-state index contributed by atoms with van der Waals surface area (Å²) >= 11 is 0. The molecule has 0 aromatic heterocycles. The van der Waals surface area contributed by atoms with Crippen LogP contribution < -0.4 is 10.5 Å². The minimum atomic E-state index is 1.46. The van der Waals surface area contributed by atoms with Crippen LogP contribution in [0.5, 0.6) is 0 Å². The molecule has 0 amide bonds. The first kappa shape index (κ1) is 2.38. The van der Waals surface area contributed by atoms with Crippen molar-refractivity contribution in [3.05, 3.63) is 0 Å². The molecule has 0 atom stereocenters. The van der Waals surface area contributed by atoms with Crippen LogP contribution in [0.15, 0.2) is 4.99 Å². The minimum Gasteiger partial charge on any atom is -0.149 e. The van der Waals surface area contributed by atoms with Crippen molar-refractivity contribution >= 4 is 12.7 Å². The lowest BCUT2D eigenvalue weighted by molar-refractivity contribution is 0.967. The Morgan fingerprint density at radius 2 is 3.00 bits per heavy atom. The van der Waals surface area contributed by atoms with Gasteiger partial charge in [-0.3, -0.25) is 0 Å². The van der Waals surface area contributed by atoms with Crippen molar-refractivity contribution in [3.8, 4) is 0 Å². The summed E-state index contributed by atoms with van der Waals surface area (Å²) in [6, 6.07) is 0. The molecule has 0 saturated carbocycles. The molecule has 0 fully saturated rings. The summed E-state index contributed by atoms with van der Waals surface area (Å²) in [5.41, 5.74) is 2.44. The molecule has 0 aromatic rings. The van der Waals surface area contributed by atoms with E-state index < -0.39 is 0 Å². The van der Waals surface area contributed by atoms with Gasteiger partial charge in [-0.2, -0.15) is 0 Å². The highest BCUT2D eigenvalue weighted by Gasteiger charge is 1.91. The van der Waals surface area contributed by atoms with Gasteiger partial charge in [-0.25, -0.2) is 0 Å². The molecule has 24 valence electrons. The standard InChI is InChI=1S/C2H2N3/c1-3-2-5-4-1/h1H,(H,3,4)/q+1. The summed E-state index contributed by atoms with van der Waals surface area (Å²) in [7, 11) is 0. The van der Waals surface area contributed by atoms with E-state index in [1.54, 1.807) is 0 Å². The fourth-order valence-corrected chi connectivity index (χ4v) is 0.144. The Morgan fingerprint density at radius 1 is 2.00 bits per heavy atom. The highest BCUT2D eigenvalue weighted by Crippen LogP contribution is 1.50. The SMILES string of the molecule is [C]1=[N+]NC=N1. The maximum absolute atomic E-state index is 3.43. The summed E-state index contributed by atoms with van der Waals surface area (Å²) < 4.78 is 0. The van der Waals surface area contributed by atoms with Crippen molar-refractivity contribution in [3.63, 3.8) is 0 Å². The molecule has 0 bridgehead atoms. The van der Waals surface area contributed by atoms with Crippen LogP contribution in [-0.4, -0.2) is 12.7 Å². The van der Waals surface area contributed by atoms with Gasteiger partial charge < -0.3 is 0 Å². The van der Waals surface area contributed by atoms with Crippen LogP contribution in [0.25, 0.3) is 0 Å². The quantitative estimate of drug-likeness (QED) is 0.379. The van der Waals surface area contributed by atoms with Gasteiger partial charge in [0, 0.05) is 0 Å². The van der Waals surface area contributed by atoms with E-state index in [9.17, 15) is 0 Å². The second-order valence-corrected chi connectivity index (χ2v) is 0.599. The van der Waals surface area contributed by atoms with Crippen molar-refractivity contribution in [1.29, 1.82) is 0 Å². The lowest BCUT2D eigenvalue weighted by Crippen LogP contribution is -2.05. The lowest BCUT2D eigenvalue weighted by atomic mass is 11.3. The third kappa shape index (κ3) is 0.238. The third-order valence-electron chi connectivity index (χ3n) is 0.295. The van der Waals surface area contributed by atoms with Crippen LogP contribution in [0, 0.1) is 0 Å². The smallest absolute Gasteiger partial charge is 0.149 e. The number of aliphatic imine (C=N–C) groups is 1. The molecular weight excluding hydrogens is 66.0 g/mol. The fourth-order valence-electron chi connectivity index (χ4n) is 0.144. The highest BCUT2D eigenvalue weighted by atomic mass is 15.3. The van der Waals surface area contributed by atoms with E-state index in [4.69, 9.17) is 0 Å². The number of hydrazone groups is 1. The summed E-state index contributed by atoms with van der Waals surface area (Å²) in [6.45, 7) is 0. The number of rotatable bonds is 0. The van der Waals surface area contributed by atoms with Crippen molar-refractivity contribution in [2.45, 2.75) is 0 Å².